The number of sulfone groups is 1. The van der Waals surface area contributed by atoms with Gasteiger partial charge in [-0.25, -0.2) is 21.5 Å². The summed E-state index contributed by atoms with van der Waals surface area (Å²) in [5, 5.41) is 3.86. The van der Waals surface area contributed by atoms with E-state index in [0.29, 0.717) is 6.42 Å². The number of hydrogen-bond acceptors (Lipinski definition) is 6. The lowest BCUT2D eigenvalue weighted by molar-refractivity contribution is 0.178. The zero-order chi connectivity index (χ0) is 15.1. The summed E-state index contributed by atoms with van der Waals surface area (Å²) >= 11 is 6.01. The predicted molar refractivity (Wildman–Crippen MR) is 73.3 cm³/mol. The van der Waals surface area contributed by atoms with E-state index in [9.17, 15) is 16.8 Å². The molecule has 114 valence electrons. The van der Waals surface area contributed by atoms with Gasteiger partial charge in [-0.15, -0.1) is 0 Å². The maximum atomic E-state index is 11.6. The largest absolute Gasteiger partial charge is 0.378 e. The summed E-state index contributed by atoms with van der Waals surface area (Å²) in [6, 6.07) is -0.490. The van der Waals surface area contributed by atoms with E-state index in [1.54, 1.807) is 0 Å². The topological polar surface area (TPSA) is 95.3 Å². The third-order valence-corrected chi connectivity index (χ3v) is 6.56. The first-order chi connectivity index (χ1) is 9.15. The minimum absolute atomic E-state index is 0.0242. The maximum absolute atomic E-state index is 11.6. The summed E-state index contributed by atoms with van der Waals surface area (Å²) in [5.74, 6) is -0.0982. The molecule has 0 aliphatic carbocycles. The fraction of sp³-hybridized carbons (Fsp3) is 0.667. The van der Waals surface area contributed by atoms with Crippen LogP contribution in [-0.2, 0) is 30.2 Å². The first-order valence-electron chi connectivity index (χ1n) is 5.56. The van der Waals surface area contributed by atoms with Gasteiger partial charge in [0.05, 0.1) is 24.2 Å². The zero-order valence-electron chi connectivity index (χ0n) is 10.4. The summed E-state index contributed by atoms with van der Waals surface area (Å²) in [6.45, 7) is -0.0898. The van der Waals surface area contributed by atoms with E-state index in [1.165, 1.54) is 11.8 Å². The van der Waals surface area contributed by atoms with Crippen LogP contribution < -0.4 is 0 Å². The van der Waals surface area contributed by atoms with E-state index in [4.69, 9.17) is 27.0 Å². The van der Waals surface area contributed by atoms with Gasteiger partial charge >= 0.3 is 0 Å². The molecular formula is C9H12Cl2N2O5S2. The van der Waals surface area contributed by atoms with Crippen molar-refractivity contribution >= 4 is 41.2 Å². The summed E-state index contributed by atoms with van der Waals surface area (Å²) in [4.78, 5) is -0.327. The minimum Gasteiger partial charge on any atom is -0.378 e. The second kappa shape index (κ2) is 5.45. The highest BCUT2D eigenvalue weighted by molar-refractivity contribution is 8.13. The first-order valence-corrected chi connectivity index (χ1v) is 10.1. The van der Waals surface area contributed by atoms with Crippen LogP contribution in [0.1, 0.15) is 18.2 Å². The Bertz CT molecular complexity index is 726. The van der Waals surface area contributed by atoms with E-state index in [2.05, 4.69) is 5.10 Å². The summed E-state index contributed by atoms with van der Waals surface area (Å²) < 4.78 is 52.2. The lowest BCUT2D eigenvalue weighted by Gasteiger charge is -2.09. The van der Waals surface area contributed by atoms with Gasteiger partial charge in [0.1, 0.15) is 15.7 Å². The monoisotopic (exact) mass is 362 g/mol. The van der Waals surface area contributed by atoms with Gasteiger partial charge in [0, 0.05) is 17.8 Å². The highest BCUT2D eigenvalue weighted by Gasteiger charge is 2.34. The molecule has 0 aromatic carbocycles. The molecule has 11 heteroatoms. The molecule has 20 heavy (non-hydrogen) atoms. The molecule has 1 saturated heterocycles. The van der Waals surface area contributed by atoms with E-state index < -0.39 is 24.9 Å². The molecule has 0 spiro atoms. The van der Waals surface area contributed by atoms with Gasteiger partial charge in [-0.05, 0) is 6.42 Å². The molecular weight excluding hydrogens is 351 g/mol. The average Bonchev–Trinajstić information content (AvgIpc) is 2.79. The van der Waals surface area contributed by atoms with Crippen LogP contribution >= 0.6 is 22.3 Å². The van der Waals surface area contributed by atoms with Crippen molar-refractivity contribution in [1.29, 1.82) is 0 Å². The third kappa shape index (κ3) is 3.11. The van der Waals surface area contributed by atoms with E-state index >= 15 is 0 Å². The van der Waals surface area contributed by atoms with Crippen molar-refractivity contribution in [3.05, 3.63) is 10.8 Å². The Hall–Kier alpha value is -0.350. The van der Waals surface area contributed by atoms with Gasteiger partial charge in [0.15, 0.2) is 9.84 Å². The summed E-state index contributed by atoms with van der Waals surface area (Å²) in [6.07, 6.45) is 0.331. The molecule has 0 bridgehead atoms. The molecule has 2 heterocycles. The molecule has 1 unspecified atom stereocenters. The average molecular weight is 363 g/mol. The molecule has 7 nitrogen and oxygen atoms in total. The number of aromatic nitrogens is 2. The van der Waals surface area contributed by atoms with Crippen LogP contribution in [0, 0.1) is 0 Å². The summed E-state index contributed by atoms with van der Waals surface area (Å²) in [7, 11) is -0.527. The Morgan fingerprint density at radius 3 is 2.60 bits per heavy atom. The SMILES string of the molecule is COCc1nn(C2CCS(=O)(=O)C2)c(Cl)c1S(=O)(=O)Cl. The molecule has 2 rings (SSSR count). The molecule has 0 saturated carbocycles. The molecule has 1 aromatic rings. The van der Waals surface area contributed by atoms with Gasteiger partial charge in [0.25, 0.3) is 9.05 Å². The van der Waals surface area contributed by atoms with Gasteiger partial charge in [-0.2, -0.15) is 5.10 Å². The first kappa shape index (κ1) is 16.0. The van der Waals surface area contributed by atoms with Crippen molar-refractivity contribution in [3.63, 3.8) is 0 Å². The number of halogens is 2. The highest BCUT2D eigenvalue weighted by Crippen LogP contribution is 2.34. The third-order valence-electron chi connectivity index (χ3n) is 2.96. The van der Waals surface area contributed by atoms with Crippen LogP contribution in [0.5, 0.6) is 0 Å². The Balaban J connectivity index is 2.51. The Kier molecular flexibility index (Phi) is 4.37. The van der Waals surface area contributed by atoms with Crippen molar-refractivity contribution in [2.45, 2.75) is 24.0 Å². The number of hydrogen-bond donors (Lipinski definition) is 0. The lowest BCUT2D eigenvalue weighted by Crippen LogP contribution is -2.13. The molecule has 1 fully saturated rings. The van der Waals surface area contributed by atoms with E-state index in [-0.39, 0.29) is 33.9 Å². The Morgan fingerprint density at radius 2 is 2.15 bits per heavy atom. The Labute approximate surface area is 126 Å². The van der Waals surface area contributed by atoms with Crippen molar-refractivity contribution in [2.75, 3.05) is 18.6 Å². The van der Waals surface area contributed by atoms with E-state index in [1.807, 2.05) is 0 Å². The quantitative estimate of drug-likeness (QED) is 0.740. The summed E-state index contributed by atoms with van der Waals surface area (Å²) in [5.41, 5.74) is 0.0665. The minimum atomic E-state index is -4.10. The van der Waals surface area contributed by atoms with Crippen LogP contribution in [0.2, 0.25) is 5.15 Å². The standard InChI is InChI=1S/C9H12Cl2N2O5S2/c1-18-4-7-8(20(11,16)17)9(10)13(12-7)6-2-3-19(14,15)5-6/h6H,2-5H2,1H3. The second-order valence-corrected chi connectivity index (χ2v) is 9.53. The van der Waals surface area contributed by atoms with Crippen LogP contribution in [0.15, 0.2) is 4.90 Å². The van der Waals surface area contributed by atoms with Crippen molar-refractivity contribution in [3.8, 4) is 0 Å². The fourth-order valence-corrected chi connectivity index (χ4v) is 5.69. The number of methoxy groups -OCH3 is 1. The van der Waals surface area contributed by atoms with Crippen LogP contribution in [0.4, 0.5) is 0 Å². The number of ether oxygens (including phenoxy) is 1. The van der Waals surface area contributed by atoms with E-state index in [0.717, 1.165) is 0 Å². The fourth-order valence-electron chi connectivity index (χ4n) is 2.13. The number of rotatable bonds is 4. The normalized spacial score (nSPS) is 22.2. The molecule has 0 radical (unpaired) electrons. The van der Waals surface area contributed by atoms with Crippen LogP contribution in [0.3, 0.4) is 0 Å². The molecule has 0 amide bonds. The second-order valence-electron chi connectivity index (χ2n) is 4.44. The maximum Gasteiger partial charge on any atom is 0.266 e. The van der Waals surface area contributed by atoms with Crippen molar-refractivity contribution in [2.24, 2.45) is 0 Å². The van der Waals surface area contributed by atoms with Crippen molar-refractivity contribution in [1.82, 2.24) is 9.78 Å². The molecule has 1 aliphatic rings. The molecule has 1 atom stereocenters. The molecule has 1 aromatic heterocycles. The van der Waals surface area contributed by atoms with Gasteiger partial charge in [-0.1, -0.05) is 11.6 Å². The highest BCUT2D eigenvalue weighted by atomic mass is 35.7. The zero-order valence-corrected chi connectivity index (χ0v) is 13.6. The predicted octanol–water partition coefficient (Wildman–Crippen LogP) is 0.970. The lowest BCUT2D eigenvalue weighted by atomic mass is 10.3. The van der Waals surface area contributed by atoms with Gasteiger partial charge in [0.2, 0.25) is 0 Å². The number of nitrogens with zero attached hydrogens (tertiary/aromatic N) is 2. The smallest absolute Gasteiger partial charge is 0.266 e. The van der Waals surface area contributed by atoms with Gasteiger partial charge < -0.3 is 4.74 Å². The molecule has 0 N–H and O–H groups in total. The van der Waals surface area contributed by atoms with Crippen LogP contribution in [-0.4, -0.2) is 45.2 Å². The van der Waals surface area contributed by atoms with Crippen LogP contribution in [0.25, 0.3) is 0 Å². The molecule has 1 aliphatic heterocycles. The van der Waals surface area contributed by atoms with Gasteiger partial charge in [-0.3, -0.25) is 0 Å². The Morgan fingerprint density at radius 1 is 1.50 bits per heavy atom. The van der Waals surface area contributed by atoms with Crippen molar-refractivity contribution < 1.29 is 21.6 Å².